The number of aryl methyl sites for hydroxylation is 2. The molecular weight excluding hydrogens is 316 g/mol. The van der Waals surface area contributed by atoms with Crippen molar-refractivity contribution >= 4 is 16.9 Å². The molecular formula is C19H20N4O2. The molecule has 25 heavy (non-hydrogen) atoms. The van der Waals surface area contributed by atoms with E-state index in [4.69, 9.17) is 0 Å². The van der Waals surface area contributed by atoms with Crippen LogP contribution in [0.1, 0.15) is 34.0 Å². The number of hydrogen-bond donors (Lipinski definition) is 2. The van der Waals surface area contributed by atoms with Crippen LogP contribution in [-0.2, 0) is 7.05 Å². The number of hydrogen-bond acceptors (Lipinski definition) is 3. The highest BCUT2D eigenvalue weighted by molar-refractivity contribution is 6.05. The highest BCUT2D eigenvalue weighted by Crippen LogP contribution is 2.46. The van der Waals surface area contributed by atoms with E-state index in [2.05, 4.69) is 27.5 Å². The summed E-state index contributed by atoms with van der Waals surface area (Å²) >= 11 is 0. The van der Waals surface area contributed by atoms with Gasteiger partial charge in [-0.15, -0.1) is 0 Å². The van der Waals surface area contributed by atoms with Gasteiger partial charge in [0.05, 0.1) is 10.9 Å². The van der Waals surface area contributed by atoms with Gasteiger partial charge in [0.25, 0.3) is 11.5 Å². The fourth-order valence-corrected chi connectivity index (χ4v) is 3.46. The van der Waals surface area contributed by atoms with E-state index >= 15 is 0 Å². The van der Waals surface area contributed by atoms with E-state index in [1.807, 2.05) is 25.1 Å². The summed E-state index contributed by atoms with van der Waals surface area (Å²) in [6.45, 7) is 2.44. The third kappa shape index (κ3) is 2.84. The van der Waals surface area contributed by atoms with E-state index in [1.54, 1.807) is 17.8 Å². The predicted octanol–water partition coefficient (Wildman–Crippen LogP) is 2.10. The molecule has 0 radical (unpaired) electrons. The van der Waals surface area contributed by atoms with Crippen LogP contribution in [0.2, 0.25) is 0 Å². The first-order valence-electron chi connectivity index (χ1n) is 8.44. The summed E-state index contributed by atoms with van der Waals surface area (Å²) in [6.07, 6.45) is 1.08. The molecule has 2 N–H and O–H groups in total. The largest absolute Gasteiger partial charge is 0.352 e. The summed E-state index contributed by atoms with van der Waals surface area (Å²) in [7, 11) is 1.71. The number of nitrogens with one attached hydrogen (secondary N) is 2. The second-order valence-corrected chi connectivity index (χ2v) is 6.73. The van der Waals surface area contributed by atoms with Crippen LogP contribution in [-0.4, -0.2) is 27.2 Å². The molecule has 128 valence electrons. The smallest absolute Gasteiger partial charge is 0.274 e. The number of amides is 1. The van der Waals surface area contributed by atoms with Gasteiger partial charge in [-0.05, 0) is 36.8 Å². The maximum atomic E-state index is 12.6. The standard InChI is InChI=1S/C19H20N4O2/c1-11-8-15(16-17(21-11)23(2)22-19(16)25)18(24)20-10-13-9-14(13)12-6-4-3-5-7-12/h3-8,13-14H,9-10H2,1-2H3,(H,20,24)(H,22,25)/t13-,14-/m1/s1. The minimum atomic E-state index is -0.288. The molecule has 2 aromatic heterocycles. The minimum absolute atomic E-state index is 0.217. The number of carbonyl (C=O) groups excluding carboxylic acids is 1. The SMILES string of the molecule is Cc1cc(C(=O)NC[C@H]2C[C@@H]2c2ccccc2)c2c(=O)[nH]n(C)c2n1. The molecule has 1 aliphatic carbocycles. The van der Waals surface area contributed by atoms with Gasteiger partial charge in [-0.3, -0.25) is 19.4 Å². The van der Waals surface area contributed by atoms with Crippen molar-refractivity contribution in [1.82, 2.24) is 20.1 Å². The third-order valence-electron chi connectivity index (χ3n) is 4.86. The summed E-state index contributed by atoms with van der Waals surface area (Å²) in [5, 5.41) is 6.00. The molecule has 3 aromatic rings. The molecule has 0 unspecified atom stereocenters. The second kappa shape index (κ2) is 5.88. The van der Waals surface area contributed by atoms with Crippen LogP contribution in [0.3, 0.4) is 0 Å². The molecule has 6 nitrogen and oxygen atoms in total. The maximum Gasteiger partial charge on any atom is 0.274 e. The molecule has 2 atom stereocenters. The summed E-state index contributed by atoms with van der Waals surface area (Å²) in [6, 6.07) is 12.0. The van der Waals surface area contributed by atoms with Gasteiger partial charge in [0.1, 0.15) is 0 Å². The van der Waals surface area contributed by atoms with Crippen molar-refractivity contribution in [2.24, 2.45) is 13.0 Å². The summed E-state index contributed by atoms with van der Waals surface area (Å²) in [5.41, 5.74) is 2.64. The summed E-state index contributed by atoms with van der Waals surface area (Å²) < 4.78 is 1.55. The second-order valence-electron chi connectivity index (χ2n) is 6.73. The van der Waals surface area contributed by atoms with E-state index in [1.165, 1.54) is 5.56 Å². The Morgan fingerprint density at radius 1 is 1.36 bits per heavy atom. The molecule has 0 bridgehead atoms. The van der Waals surface area contributed by atoms with Gasteiger partial charge in [0.2, 0.25) is 0 Å². The molecule has 0 aliphatic heterocycles. The molecule has 1 aliphatic rings. The first kappa shape index (κ1) is 15.6. The van der Waals surface area contributed by atoms with E-state index in [0.29, 0.717) is 40.7 Å². The highest BCUT2D eigenvalue weighted by atomic mass is 16.2. The average Bonchev–Trinajstić information content (AvgIpc) is 3.33. The van der Waals surface area contributed by atoms with Gasteiger partial charge in [0.15, 0.2) is 5.65 Å². The van der Waals surface area contributed by atoms with Crippen LogP contribution in [0.5, 0.6) is 0 Å². The van der Waals surface area contributed by atoms with Crippen LogP contribution in [0.25, 0.3) is 11.0 Å². The molecule has 1 saturated carbocycles. The van der Waals surface area contributed by atoms with Crippen LogP contribution in [0.15, 0.2) is 41.2 Å². The number of benzene rings is 1. The third-order valence-corrected chi connectivity index (χ3v) is 4.86. The number of aromatic amines is 1. The monoisotopic (exact) mass is 336 g/mol. The fourth-order valence-electron chi connectivity index (χ4n) is 3.46. The van der Waals surface area contributed by atoms with Crippen molar-refractivity contribution < 1.29 is 4.79 Å². The number of carbonyl (C=O) groups is 1. The van der Waals surface area contributed by atoms with Gasteiger partial charge in [-0.2, -0.15) is 0 Å². The van der Waals surface area contributed by atoms with E-state index in [9.17, 15) is 9.59 Å². The molecule has 0 saturated heterocycles. The van der Waals surface area contributed by atoms with E-state index in [0.717, 1.165) is 6.42 Å². The van der Waals surface area contributed by atoms with Crippen molar-refractivity contribution in [2.45, 2.75) is 19.3 Å². The Kier molecular flexibility index (Phi) is 3.67. The Morgan fingerprint density at radius 2 is 2.12 bits per heavy atom. The Morgan fingerprint density at radius 3 is 2.88 bits per heavy atom. The van der Waals surface area contributed by atoms with Crippen LogP contribution in [0, 0.1) is 12.8 Å². The number of H-pyrrole nitrogens is 1. The van der Waals surface area contributed by atoms with Crippen LogP contribution >= 0.6 is 0 Å². The first-order valence-corrected chi connectivity index (χ1v) is 8.44. The number of pyridine rings is 1. The normalized spacial score (nSPS) is 19.1. The lowest BCUT2D eigenvalue weighted by molar-refractivity contribution is 0.0953. The number of nitrogens with zero attached hydrogens (tertiary/aromatic N) is 2. The lowest BCUT2D eigenvalue weighted by atomic mass is 10.1. The Hall–Kier alpha value is -2.89. The highest BCUT2D eigenvalue weighted by Gasteiger charge is 2.38. The Labute approximate surface area is 144 Å². The van der Waals surface area contributed by atoms with E-state index < -0.39 is 0 Å². The summed E-state index contributed by atoms with van der Waals surface area (Å²) in [5.74, 6) is 0.755. The lowest BCUT2D eigenvalue weighted by Crippen LogP contribution is -2.27. The van der Waals surface area contributed by atoms with Gasteiger partial charge >= 0.3 is 0 Å². The molecule has 0 spiro atoms. The Bertz CT molecular complexity index is 1000. The molecule has 1 amide bonds. The first-order chi connectivity index (χ1) is 12.0. The zero-order valence-corrected chi connectivity index (χ0v) is 14.2. The predicted molar refractivity (Wildman–Crippen MR) is 95.7 cm³/mol. The maximum absolute atomic E-state index is 12.6. The van der Waals surface area contributed by atoms with Crippen LogP contribution < -0.4 is 10.9 Å². The van der Waals surface area contributed by atoms with Gasteiger partial charge in [-0.25, -0.2) is 4.98 Å². The lowest BCUT2D eigenvalue weighted by Gasteiger charge is -2.07. The quantitative estimate of drug-likeness (QED) is 0.766. The van der Waals surface area contributed by atoms with Crippen molar-refractivity contribution in [3.63, 3.8) is 0 Å². The van der Waals surface area contributed by atoms with Crippen molar-refractivity contribution in [2.75, 3.05) is 6.54 Å². The zero-order chi connectivity index (χ0) is 17.6. The van der Waals surface area contributed by atoms with Crippen molar-refractivity contribution in [3.05, 3.63) is 63.6 Å². The van der Waals surface area contributed by atoms with Crippen molar-refractivity contribution in [3.8, 4) is 0 Å². The molecule has 1 fully saturated rings. The topological polar surface area (TPSA) is 79.8 Å². The molecule has 1 aromatic carbocycles. The number of rotatable bonds is 4. The van der Waals surface area contributed by atoms with Gasteiger partial charge in [0, 0.05) is 19.3 Å². The van der Waals surface area contributed by atoms with Crippen molar-refractivity contribution in [1.29, 1.82) is 0 Å². The molecule has 4 rings (SSSR count). The number of fused-ring (bicyclic) bond motifs is 1. The molecule has 2 heterocycles. The fraction of sp³-hybridized carbons (Fsp3) is 0.316. The summed E-state index contributed by atoms with van der Waals surface area (Å²) in [4.78, 5) is 29.1. The van der Waals surface area contributed by atoms with Crippen LogP contribution in [0.4, 0.5) is 0 Å². The molecule has 6 heteroatoms. The average molecular weight is 336 g/mol. The Balaban J connectivity index is 1.51. The zero-order valence-electron chi connectivity index (χ0n) is 14.2. The minimum Gasteiger partial charge on any atom is -0.352 e. The van der Waals surface area contributed by atoms with Gasteiger partial charge in [-0.1, -0.05) is 30.3 Å². The van der Waals surface area contributed by atoms with E-state index in [-0.39, 0.29) is 11.5 Å². The number of aromatic nitrogens is 3. The van der Waals surface area contributed by atoms with Gasteiger partial charge < -0.3 is 5.32 Å².